The predicted molar refractivity (Wildman–Crippen MR) is 56.2 cm³/mol. The Morgan fingerprint density at radius 2 is 2.25 bits per heavy atom. The van der Waals surface area contributed by atoms with E-state index >= 15 is 0 Å². The van der Waals surface area contributed by atoms with Gasteiger partial charge in [0.05, 0.1) is 0 Å². The van der Waals surface area contributed by atoms with Crippen LogP contribution in [0.4, 0.5) is 5.82 Å². The zero-order chi connectivity index (χ0) is 11.5. The first-order valence-electron chi connectivity index (χ1n) is 4.39. The van der Waals surface area contributed by atoms with Crippen molar-refractivity contribution in [2.45, 2.75) is 6.92 Å². The molecule has 0 bridgehead atoms. The summed E-state index contributed by atoms with van der Waals surface area (Å²) in [5.41, 5.74) is 0.189. The second kappa shape index (κ2) is 4.28. The molecule has 0 aliphatic heterocycles. The summed E-state index contributed by atoms with van der Waals surface area (Å²) in [4.78, 5) is 11.6. The van der Waals surface area contributed by atoms with Gasteiger partial charge in [-0.3, -0.25) is 4.79 Å². The van der Waals surface area contributed by atoms with Gasteiger partial charge in [0, 0.05) is 6.07 Å². The SMILES string of the molecule is Cc1cc(C(=O)Nc2ccc(Cl)nn2)no1. The fourth-order valence-electron chi connectivity index (χ4n) is 1.04. The first-order valence-corrected chi connectivity index (χ1v) is 4.77. The molecule has 0 saturated carbocycles. The number of nitrogens with zero attached hydrogens (tertiary/aromatic N) is 3. The minimum absolute atomic E-state index is 0.189. The molecular weight excluding hydrogens is 232 g/mol. The minimum atomic E-state index is -0.409. The maximum Gasteiger partial charge on any atom is 0.279 e. The van der Waals surface area contributed by atoms with Crippen LogP contribution in [0.2, 0.25) is 5.15 Å². The van der Waals surface area contributed by atoms with Crippen LogP contribution >= 0.6 is 11.6 Å². The van der Waals surface area contributed by atoms with Crippen LogP contribution in [0.1, 0.15) is 16.2 Å². The van der Waals surface area contributed by atoms with Gasteiger partial charge in [-0.2, -0.15) is 0 Å². The molecule has 0 aromatic carbocycles. The van der Waals surface area contributed by atoms with Crippen LogP contribution in [0, 0.1) is 6.92 Å². The van der Waals surface area contributed by atoms with Crippen molar-refractivity contribution in [3.63, 3.8) is 0 Å². The van der Waals surface area contributed by atoms with Crippen LogP contribution in [-0.2, 0) is 0 Å². The Labute approximate surface area is 95.6 Å². The molecule has 2 aromatic rings. The van der Waals surface area contributed by atoms with E-state index in [1.807, 2.05) is 0 Å². The standard InChI is InChI=1S/C9H7ClN4O2/c1-5-4-6(14-16-5)9(15)11-8-3-2-7(10)12-13-8/h2-4H,1H3,(H,11,13,15). The van der Waals surface area contributed by atoms with Crippen LogP contribution < -0.4 is 5.32 Å². The first kappa shape index (κ1) is 10.6. The van der Waals surface area contributed by atoms with Crippen molar-refractivity contribution >= 4 is 23.3 Å². The molecular formula is C9H7ClN4O2. The molecule has 2 rings (SSSR count). The summed E-state index contributed by atoms with van der Waals surface area (Å²) in [6.07, 6.45) is 0. The fraction of sp³-hybridized carbons (Fsp3) is 0.111. The number of amides is 1. The lowest BCUT2D eigenvalue weighted by Crippen LogP contribution is -2.13. The van der Waals surface area contributed by atoms with Crippen molar-refractivity contribution in [2.24, 2.45) is 0 Å². The summed E-state index contributed by atoms with van der Waals surface area (Å²) in [5.74, 6) is 0.455. The van der Waals surface area contributed by atoms with Crippen molar-refractivity contribution < 1.29 is 9.32 Å². The van der Waals surface area contributed by atoms with Gasteiger partial charge < -0.3 is 9.84 Å². The molecule has 1 N–H and O–H groups in total. The minimum Gasteiger partial charge on any atom is -0.361 e. The fourth-order valence-corrected chi connectivity index (χ4v) is 1.14. The number of aryl methyl sites for hydroxylation is 1. The van der Waals surface area contributed by atoms with Gasteiger partial charge in [0.1, 0.15) is 5.76 Å². The second-order valence-electron chi connectivity index (χ2n) is 3.02. The van der Waals surface area contributed by atoms with E-state index in [2.05, 4.69) is 20.7 Å². The Morgan fingerprint density at radius 3 is 2.81 bits per heavy atom. The molecule has 0 radical (unpaired) electrons. The van der Waals surface area contributed by atoms with Crippen molar-refractivity contribution in [3.8, 4) is 0 Å². The van der Waals surface area contributed by atoms with E-state index in [0.717, 1.165) is 0 Å². The number of aromatic nitrogens is 3. The summed E-state index contributed by atoms with van der Waals surface area (Å²) in [6.45, 7) is 1.70. The lowest BCUT2D eigenvalue weighted by Gasteiger charge is -1.99. The zero-order valence-corrected chi connectivity index (χ0v) is 9.02. The third-order valence-corrected chi connectivity index (χ3v) is 1.94. The highest BCUT2D eigenvalue weighted by atomic mass is 35.5. The van der Waals surface area contributed by atoms with E-state index in [0.29, 0.717) is 11.6 Å². The first-order chi connectivity index (χ1) is 7.65. The summed E-state index contributed by atoms with van der Waals surface area (Å²) >= 11 is 5.55. The molecule has 16 heavy (non-hydrogen) atoms. The Morgan fingerprint density at radius 1 is 1.44 bits per heavy atom. The number of anilines is 1. The maximum atomic E-state index is 11.6. The quantitative estimate of drug-likeness (QED) is 0.861. The van der Waals surface area contributed by atoms with Crippen LogP contribution in [0.15, 0.2) is 22.7 Å². The van der Waals surface area contributed by atoms with Gasteiger partial charge in [0.2, 0.25) is 0 Å². The molecule has 2 aromatic heterocycles. The van der Waals surface area contributed by atoms with Gasteiger partial charge >= 0.3 is 0 Å². The molecule has 7 heteroatoms. The topological polar surface area (TPSA) is 80.9 Å². The number of carbonyl (C=O) groups excluding carboxylic acids is 1. The predicted octanol–water partition coefficient (Wildman–Crippen LogP) is 1.68. The average molecular weight is 239 g/mol. The number of carbonyl (C=O) groups is 1. The average Bonchev–Trinajstić information content (AvgIpc) is 2.68. The Hall–Kier alpha value is -1.95. The molecule has 0 saturated heterocycles. The molecule has 0 aliphatic rings. The number of rotatable bonds is 2. The zero-order valence-electron chi connectivity index (χ0n) is 8.27. The Bertz CT molecular complexity index is 508. The third kappa shape index (κ3) is 2.34. The highest BCUT2D eigenvalue weighted by molar-refractivity contribution is 6.29. The smallest absolute Gasteiger partial charge is 0.279 e. The number of hydrogen-bond acceptors (Lipinski definition) is 5. The van der Waals surface area contributed by atoms with Crippen LogP contribution in [0.3, 0.4) is 0 Å². The van der Waals surface area contributed by atoms with Gasteiger partial charge in [-0.05, 0) is 19.1 Å². The van der Waals surface area contributed by atoms with Crippen molar-refractivity contribution in [1.82, 2.24) is 15.4 Å². The van der Waals surface area contributed by atoms with Gasteiger partial charge in [0.15, 0.2) is 16.7 Å². The summed E-state index contributed by atoms with van der Waals surface area (Å²) in [5, 5.41) is 13.6. The van der Waals surface area contributed by atoms with Gasteiger partial charge in [-0.1, -0.05) is 16.8 Å². The molecule has 0 aliphatic carbocycles. The van der Waals surface area contributed by atoms with Crippen molar-refractivity contribution in [3.05, 3.63) is 34.8 Å². The Balaban J connectivity index is 2.10. The van der Waals surface area contributed by atoms with Crippen molar-refractivity contribution in [2.75, 3.05) is 5.32 Å². The molecule has 82 valence electrons. The van der Waals surface area contributed by atoms with E-state index in [-0.39, 0.29) is 10.8 Å². The molecule has 6 nitrogen and oxygen atoms in total. The van der Waals surface area contributed by atoms with Gasteiger partial charge in [-0.15, -0.1) is 10.2 Å². The van der Waals surface area contributed by atoms with Crippen LogP contribution in [0.5, 0.6) is 0 Å². The molecule has 0 unspecified atom stereocenters. The summed E-state index contributed by atoms with van der Waals surface area (Å²) in [6, 6.07) is 4.59. The van der Waals surface area contributed by atoms with E-state index < -0.39 is 5.91 Å². The molecule has 0 fully saturated rings. The Kier molecular flexibility index (Phi) is 2.82. The lowest BCUT2D eigenvalue weighted by atomic mass is 10.3. The molecule has 0 atom stereocenters. The van der Waals surface area contributed by atoms with Gasteiger partial charge in [0.25, 0.3) is 5.91 Å². The van der Waals surface area contributed by atoms with Crippen molar-refractivity contribution in [1.29, 1.82) is 0 Å². The summed E-state index contributed by atoms with van der Waals surface area (Å²) in [7, 11) is 0. The molecule has 2 heterocycles. The highest BCUT2D eigenvalue weighted by Crippen LogP contribution is 2.08. The van der Waals surface area contributed by atoms with E-state index in [1.165, 1.54) is 12.1 Å². The third-order valence-electron chi connectivity index (χ3n) is 1.73. The molecule has 0 spiro atoms. The van der Waals surface area contributed by atoms with Crippen LogP contribution in [0.25, 0.3) is 0 Å². The number of halogens is 1. The largest absolute Gasteiger partial charge is 0.361 e. The number of hydrogen-bond donors (Lipinski definition) is 1. The molecule has 1 amide bonds. The number of nitrogens with one attached hydrogen (secondary N) is 1. The van der Waals surface area contributed by atoms with E-state index in [1.54, 1.807) is 13.0 Å². The summed E-state index contributed by atoms with van der Waals surface area (Å²) < 4.78 is 4.77. The maximum absolute atomic E-state index is 11.6. The van der Waals surface area contributed by atoms with Gasteiger partial charge in [-0.25, -0.2) is 0 Å². The monoisotopic (exact) mass is 238 g/mol. The van der Waals surface area contributed by atoms with E-state index in [4.69, 9.17) is 16.1 Å². The van der Waals surface area contributed by atoms with E-state index in [9.17, 15) is 4.79 Å². The second-order valence-corrected chi connectivity index (χ2v) is 3.41. The lowest BCUT2D eigenvalue weighted by molar-refractivity contribution is 0.101. The normalized spacial score (nSPS) is 10.1. The van der Waals surface area contributed by atoms with Crippen LogP contribution in [-0.4, -0.2) is 21.3 Å². The highest BCUT2D eigenvalue weighted by Gasteiger charge is 2.11.